The topological polar surface area (TPSA) is 57.2 Å². The van der Waals surface area contributed by atoms with Crippen molar-refractivity contribution in [2.75, 3.05) is 33.3 Å². The molecule has 1 aliphatic carbocycles. The number of hydrogen-bond donors (Lipinski definition) is 1. The summed E-state index contributed by atoms with van der Waals surface area (Å²) in [7, 11) is 1.65. The summed E-state index contributed by atoms with van der Waals surface area (Å²) in [6.07, 6.45) is 6.71. The molecule has 6 heteroatoms. The minimum absolute atomic E-state index is 0.129. The molecule has 0 radical (unpaired) electrons. The zero-order valence-electron chi connectivity index (χ0n) is 19.2. The van der Waals surface area contributed by atoms with Gasteiger partial charge in [0.1, 0.15) is 5.75 Å². The molecule has 1 aliphatic heterocycles. The van der Waals surface area contributed by atoms with E-state index in [2.05, 4.69) is 15.1 Å². The summed E-state index contributed by atoms with van der Waals surface area (Å²) in [5, 5.41) is 3.09. The highest BCUT2D eigenvalue weighted by Crippen LogP contribution is 2.24. The predicted molar refractivity (Wildman–Crippen MR) is 129 cm³/mol. The number of carbonyl (C=O) groups is 1. The van der Waals surface area contributed by atoms with Crippen molar-refractivity contribution in [3.63, 3.8) is 0 Å². The number of carbonyl (C=O) groups excluding carboxylic acids is 1. The zero-order valence-corrected chi connectivity index (χ0v) is 19.2. The van der Waals surface area contributed by atoms with Crippen molar-refractivity contribution in [1.82, 2.24) is 15.1 Å². The maximum atomic E-state index is 13.0. The summed E-state index contributed by atoms with van der Waals surface area (Å²) in [5.41, 5.74) is 2.50. The third kappa shape index (κ3) is 5.68. The van der Waals surface area contributed by atoms with Gasteiger partial charge >= 0.3 is 0 Å². The van der Waals surface area contributed by atoms with Gasteiger partial charge in [-0.2, -0.15) is 0 Å². The van der Waals surface area contributed by atoms with Gasteiger partial charge in [0, 0.05) is 37.8 Å². The molecule has 0 bridgehead atoms. The van der Waals surface area contributed by atoms with Crippen molar-refractivity contribution in [2.24, 2.45) is 4.99 Å². The fourth-order valence-electron chi connectivity index (χ4n) is 4.66. The van der Waals surface area contributed by atoms with E-state index in [0.29, 0.717) is 11.5 Å². The highest BCUT2D eigenvalue weighted by atomic mass is 16.5. The van der Waals surface area contributed by atoms with Crippen molar-refractivity contribution in [3.05, 3.63) is 59.7 Å². The number of ether oxygens (including phenoxy) is 1. The minimum Gasteiger partial charge on any atom is -0.497 e. The third-order valence-electron chi connectivity index (χ3n) is 6.52. The highest BCUT2D eigenvalue weighted by Gasteiger charge is 2.27. The number of nitrogens with zero attached hydrogens (tertiary/aromatic N) is 3. The lowest BCUT2D eigenvalue weighted by molar-refractivity contribution is 0.0943. The molecule has 0 aromatic heterocycles. The Morgan fingerprint density at radius 2 is 1.72 bits per heavy atom. The van der Waals surface area contributed by atoms with Gasteiger partial charge in [-0.05, 0) is 56.2 Å². The van der Waals surface area contributed by atoms with Gasteiger partial charge in [0.05, 0.1) is 12.8 Å². The van der Waals surface area contributed by atoms with E-state index in [1.807, 2.05) is 55.5 Å². The average molecular weight is 435 g/mol. The number of piperazine rings is 1. The van der Waals surface area contributed by atoms with E-state index in [0.717, 1.165) is 49.2 Å². The number of benzene rings is 2. The monoisotopic (exact) mass is 434 g/mol. The standard InChI is InChI=1S/C26H34N4O2/c1-20-7-6-8-21(19-20)25(31)28-26(27-22-11-13-24(32-2)14-12-22)30-17-15-29(16-18-30)23-9-4-3-5-10-23/h6-8,11-14,19,23H,3-5,9-10,15-18H2,1-2H3,(H,27,28,31). The van der Waals surface area contributed by atoms with Crippen LogP contribution in [0.5, 0.6) is 5.75 Å². The van der Waals surface area contributed by atoms with Crippen molar-refractivity contribution in [1.29, 1.82) is 0 Å². The molecule has 2 aliphatic rings. The molecule has 0 unspecified atom stereocenters. The van der Waals surface area contributed by atoms with Gasteiger partial charge in [-0.3, -0.25) is 15.0 Å². The van der Waals surface area contributed by atoms with Crippen molar-refractivity contribution in [2.45, 2.75) is 45.1 Å². The van der Waals surface area contributed by atoms with E-state index in [9.17, 15) is 4.79 Å². The quantitative estimate of drug-likeness (QED) is 0.573. The molecule has 1 heterocycles. The summed E-state index contributed by atoms with van der Waals surface area (Å²) in [4.78, 5) is 22.7. The van der Waals surface area contributed by atoms with Gasteiger partial charge < -0.3 is 9.64 Å². The predicted octanol–water partition coefficient (Wildman–Crippen LogP) is 4.37. The summed E-state index contributed by atoms with van der Waals surface area (Å²) in [6.45, 7) is 5.73. The summed E-state index contributed by atoms with van der Waals surface area (Å²) in [6, 6.07) is 16.0. The van der Waals surface area contributed by atoms with Gasteiger partial charge in [-0.15, -0.1) is 0 Å². The van der Waals surface area contributed by atoms with Gasteiger partial charge in [-0.25, -0.2) is 4.99 Å². The van der Waals surface area contributed by atoms with Crippen LogP contribution in [0.25, 0.3) is 0 Å². The first-order valence-corrected chi connectivity index (χ1v) is 11.7. The van der Waals surface area contributed by atoms with E-state index in [1.165, 1.54) is 32.1 Å². The molecule has 170 valence electrons. The SMILES string of the molecule is COc1ccc(N=C(NC(=O)c2cccc(C)c2)N2CCN(C3CCCCC3)CC2)cc1. The number of guanidine groups is 1. The van der Waals surface area contributed by atoms with Crippen molar-refractivity contribution >= 4 is 17.6 Å². The number of aryl methyl sites for hydroxylation is 1. The largest absolute Gasteiger partial charge is 0.497 e. The molecule has 2 fully saturated rings. The van der Waals surface area contributed by atoms with E-state index in [4.69, 9.17) is 9.73 Å². The zero-order chi connectivity index (χ0) is 22.3. The number of nitrogens with one attached hydrogen (secondary N) is 1. The maximum absolute atomic E-state index is 13.0. The average Bonchev–Trinajstić information content (AvgIpc) is 2.85. The van der Waals surface area contributed by atoms with Crippen LogP contribution >= 0.6 is 0 Å². The fraction of sp³-hybridized carbons (Fsp3) is 0.462. The van der Waals surface area contributed by atoms with E-state index in [1.54, 1.807) is 7.11 Å². The molecule has 1 amide bonds. The molecule has 4 rings (SSSR count). The summed E-state index contributed by atoms with van der Waals surface area (Å²) < 4.78 is 5.26. The van der Waals surface area contributed by atoms with Crippen LogP contribution in [0.1, 0.15) is 48.0 Å². The second kappa shape index (κ2) is 10.6. The van der Waals surface area contributed by atoms with Crippen LogP contribution in [-0.4, -0.2) is 61.0 Å². The Morgan fingerprint density at radius 1 is 1.00 bits per heavy atom. The fourth-order valence-corrected chi connectivity index (χ4v) is 4.66. The molecule has 1 saturated carbocycles. The number of rotatable bonds is 4. The Bertz CT molecular complexity index is 927. The van der Waals surface area contributed by atoms with Crippen molar-refractivity contribution < 1.29 is 9.53 Å². The third-order valence-corrected chi connectivity index (χ3v) is 6.52. The lowest BCUT2D eigenvalue weighted by Crippen LogP contribution is -2.55. The molecule has 2 aromatic rings. The number of hydrogen-bond acceptors (Lipinski definition) is 4. The lowest BCUT2D eigenvalue weighted by atomic mass is 9.94. The highest BCUT2D eigenvalue weighted by molar-refractivity contribution is 6.06. The molecule has 32 heavy (non-hydrogen) atoms. The van der Waals surface area contributed by atoms with Crippen LogP contribution in [-0.2, 0) is 0 Å². The first-order valence-electron chi connectivity index (χ1n) is 11.7. The van der Waals surface area contributed by atoms with Crippen LogP contribution in [0, 0.1) is 6.92 Å². The molecule has 6 nitrogen and oxygen atoms in total. The molecule has 0 spiro atoms. The van der Waals surface area contributed by atoms with Gasteiger partial charge in [0.25, 0.3) is 5.91 Å². The minimum atomic E-state index is -0.129. The van der Waals surface area contributed by atoms with E-state index < -0.39 is 0 Å². The Morgan fingerprint density at radius 3 is 2.38 bits per heavy atom. The van der Waals surface area contributed by atoms with Crippen molar-refractivity contribution in [3.8, 4) is 5.75 Å². The van der Waals surface area contributed by atoms with Crippen LogP contribution in [0.3, 0.4) is 0 Å². The molecule has 2 aromatic carbocycles. The summed E-state index contributed by atoms with van der Waals surface area (Å²) in [5.74, 6) is 1.27. The molecular weight excluding hydrogens is 400 g/mol. The molecular formula is C26H34N4O2. The first-order chi connectivity index (χ1) is 15.6. The van der Waals surface area contributed by atoms with Gasteiger partial charge in [0.15, 0.2) is 0 Å². The number of aliphatic imine (C=N–C) groups is 1. The Kier molecular flexibility index (Phi) is 7.43. The Labute approximate surface area is 191 Å². The van der Waals surface area contributed by atoms with Crippen LogP contribution < -0.4 is 10.1 Å². The maximum Gasteiger partial charge on any atom is 0.257 e. The normalized spacial score (nSPS) is 18.4. The molecule has 1 N–H and O–H groups in total. The molecule has 1 saturated heterocycles. The van der Waals surface area contributed by atoms with Crippen LogP contribution in [0.4, 0.5) is 5.69 Å². The van der Waals surface area contributed by atoms with Gasteiger partial charge in [-0.1, -0.05) is 37.0 Å². The van der Waals surface area contributed by atoms with Crippen LogP contribution in [0.15, 0.2) is 53.5 Å². The Hall–Kier alpha value is -2.86. The second-order valence-electron chi connectivity index (χ2n) is 8.77. The van der Waals surface area contributed by atoms with E-state index in [-0.39, 0.29) is 5.91 Å². The van der Waals surface area contributed by atoms with Gasteiger partial charge in [0.2, 0.25) is 5.96 Å². The molecule has 0 atom stereocenters. The smallest absolute Gasteiger partial charge is 0.257 e. The van der Waals surface area contributed by atoms with Crippen LogP contribution in [0.2, 0.25) is 0 Å². The Balaban J connectivity index is 1.50. The first kappa shape index (κ1) is 22.3. The second-order valence-corrected chi connectivity index (χ2v) is 8.77. The summed E-state index contributed by atoms with van der Waals surface area (Å²) >= 11 is 0. The van der Waals surface area contributed by atoms with E-state index >= 15 is 0 Å². The number of methoxy groups -OCH3 is 1. The number of amides is 1. The lowest BCUT2D eigenvalue weighted by Gasteiger charge is -2.41.